The molecule has 0 N–H and O–H groups in total. The average Bonchev–Trinajstić information content (AvgIpc) is 2.86. The molecule has 0 aliphatic rings. The summed E-state index contributed by atoms with van der Waals surface area (Å²) in [5.41, 5.74) is 2.62. The van der Waals surface area contributed by atoms with Crippen LogP contribution >= 0.6 is 23.2 Å². The molecule has 0 spiro atoms. The molecule has 0 bridgehead atoms. The van der Waals surface area contributed by atoms with E-state index in [9.17, 15) is 0 Å². The summed E-state index contributed by atoms with van der Waals surface area (Å²) < 4.78 is 2.06. The smallest absolute Gasteiger partial charge is 0.0992 e. The fraction of sp³-hybridized carbons (Fsp3) is 0.0625. The van der Waals surface area contributed by atoms with Gasteiger partial charge in [0.15, 0.2) is 0 Å². The molecule has 0 radical (unpaired) electrons. The van der Waals surface area contributed by atoms with E-state index in [2.05, 4.69) is 10.6 Å². The van der Waals surface area contributed by atoms with Gasteiger partial charge in [0.1, 0.15) is 0 Å². The second-order valence-electron chi connectivity index (χ2n) is 4.54. The lowest BCUT2D eigenvalue weighted by Crippen LogP contribution is -1.99. The quantitative estimate of drug-likeness (QED) is 0.664. The van der Waals surface area contributed by atoms with Crippen LogP contribution in [0.25, 0.3) is 10.9 Å². The molecule has 4 heteroatoms. The molecule has 1 aromatic heterocycles. The van der Waals surface area contributed by atoms with Gasteiger partial charge in [-0.3, -0.25) is 0 Å². The van der Waals surface area contributed by atoms with Crippen LogP contribution in [0.1, 0.15) is 11.1 Å². The van der Waals surface area contributed by atoms with Crippen molar-refractivity contribution >= 4 is 34.1 Å². The summed E-state index contributed by atoms with van der Waals surface area (Å²) in [7, 11) is 0. The molecule has 0 amide bonds. The van der Waals surface area contributed by atoms with Gasteiger partial charge in [0, 0.05) is 18.3 Å². The van der Waals surface area contributed by atoms with E-state index in [1.54, 1.807) is 6.07 Å². The molecule has 0 saturated heterocycles. The first-order valence-corrected chi connectivity index (χ1v) is 6.86. The Hall–Kier alpha value is -1.95. The number of rotatable bonds is 2. The molecule has 0 aliphatic carbocycles. The summed E-state index contributed by atoms with van der Waals surface area (Å²) in [6.45, 7) is 0.623. The molecular formula is C16H10Cl2N2. The van der Waals surface area contributed by atoms with Gasteiger partial charge >= 0.3 is 0 Å². The minimum absolute atomic E-state index is 0.554. The number of fused-ring (bicyclic) bond motifs is 1. The van der Waals surface area contributed by atoms with Crippen molar-refractivity contribution in [3.05, 3.63) is 69.8 Å². The topological polar surface area (TPSA) is 28.7 Å². The zero-order chi connectivity index (χ0) is 14.1. The van der Waals surface area contributed by atoms with Crippen LogP contribution < -0.4 is 0 Å². The van der Waals surface area contributed by atoms with E-state index < -0.39 is 0 Å². The van der Waals surface area contributed by atoms with Crippen molar-refractivity contribution in [1.29, 1.82) is 5.26 Å². The number of benzene rings is 2. The first-order valence-electron chi connectivity index (χ1n) is 6.11. The SMILES string of the molecule is N#Cc1ccc2ccn(Cc3cccc(Cl)c3Cl)c2c1. The number of nitriles is 1. The summed E-state index contributed by atoms with van der Waals surface area (Å²) in [5.74, 6) is 0. The highest BCUT2D eigenvalue weighted by Crippen LogP contribution is 2.27. The van der Waals surface area contributed by atoms with Crippen LogP contribution in [0.3, 0.4) is 0 Å². The van der Waals surface area contributed by atoms with Gasteiger partial charge in [0.2, 0.25) is 0 Å². The molecule has 20 heavy (non-hydrogen) atoms. The Bertz CT molecular complexity index is 828. The first kappa shape index (κ1) is 13.1. The molecule has 2 nitrogen and oxygen atoms in total. The van der Waals surface area contributed by atoms with Gasteiger partial charge in [-0.25, -0.2) is 0 Å². The highest BCUT2D eigenvalue weighted by molar-refractivity contribution is 6.42. The monoisotopic (exact) mass is 300 g/mol. The summed E-state index contributed by atoms with van der Waals surface area (Å²) in [6.07, 6.45) is 1.99. The Balaban J connectivity index is 2.07. The maximum absolute atomic E-state index is 9.00. The van der Waals surface area contributed by atoms with E-state index in [0.29, 0.717) is 22.2 Å². The lowest BCUT2D eigenvalue weighted by Gasteiger charge is -2.08. The van der Waals surface area contributed by atoms with Gasteiger partial charge in [0.25, 0.3) is 0 Å². The van der Waals surface area contributed by atoms with Crippen molar-refractivity contribution in [2.24, 2.45) is 0 Å². The van der Waals surface area contributed by atoms with Gasteiger partial charge in [-0.05, 0) is 35.2 Å². The summed E-state index contributed by atoms with van der Waals surface area (Å²) in [5, 5.41) is 11.2. The predicted octanol–water partition coefficient (Wildman–Crippen LogP) is 4.87. The molecule has 0 aliphatic heterocycles. The summed E-state index contributed by atoms with van der Waals surface area (Å²) in [4.78, 5) is 0. The standard InChI is InChI=1S/C16H10Cl2N2/c17-14-3-1-2-13(16(14)18)10-20-7-6-12-5-4-11(9-19)8-15(12)20/h1-8H,10H2. The minimum atomic E-state index is 0.554. The fourth-order valence-corrected chi connectivity index (χ4v) is 2.63. The molecule has 3 rings (SSSR count). The Morgan fingerprint density at radius 3 is 2.75 bits per heavy atom. The van der Waals surface area contributed by atoms with Crippen LogP contribution in [-0.2, 0) is 6.54 Å². The number of halogens is 2. The van der Waals surface area contributed by atoms with Crippen LogP contribution in [0, 0.1) is 11.3 Å². The Morgan fingerprint density at radius 2 is 1.95 bits per heavy atom. The van der Waals surface area contributed by atoms with Gasteiger partial charge in [-0.1, -0.05) is 41.4 Å². The van der Waals surface area contributed by atoms with Crippen molar-refractivity contribution in [3.8, 4) is 6.07 Å². The molecule has 0 fully saturated rings. The first-order chi connectivity index (χ1) is 9.69. The van der Waals surface area contributed by atoms with E-state index >= 15 is 0 Å². The van der Waals surface area contributed by atoms with E-state index in [-0.39, 0.29) is 0 Å². The van der Waals surface area contributed by atoms with E-state index in [4.69, 9.17) is 28.5 Å². The largest absolute Gasteiger partial charge is 0.343 e. The zero-order valence-electron chi connectivity index (χ0n) is 10.5. The lowest BCUT2D eigenvalue weighted by molar-refractivity contribution is 0.837. The Kier molecular flexibility index (Phi) is 3.40. The van der Waals surface area contributed by atoms with Gasteiger partial charge in [-0.15, -0.1) is 0 Å². The van der Waals surface area contributed by atoms with E-state index in [1.807, 2.05) is 42.6 Å². The molecule has 98 valence electrons. The molecule has 3 aromatic rings. The second kappa shape index (κ2) is 5.20. The summed E-state index contributed by atoms with van der Waals surface area (Å²) in [6, 6.07) is 15.4. The van der Waals surface area contributed by atoms with Crippen LogP contribution in [0.5, 0.6) is 0 Å². The Labute approximate surface area is 126 Å². The van der Waals surface area contributed by atoms with Crippen molar-refractivity contribution in [2.45, 2.75) is 6.54 Å². The Morgan fingerprint density at radius 1 is 1.10 bits per heavy atom. The van der Waals surface area contributed by atoms with Gasteiger partial charge < -0.3 is 4.57 Å². The molecule has 0 saturated carbocycles. The number of hydrogen-bond donors (Lipinski definition) is 0. The number of aromatic nitrogens is 1. The van der Waals surface area contributed by atoms with Crippen LogP contribution in [-0.4, -0.2) is 4.57 Å². The van der Waals surface area contributed by atoms with E-state index in [0.717, 1.165) is 16.5 Å². The van der Waals surface area contributed by atoms with Crippen molar-refractivity contribution in [2.75, 3.05) is 0 Å². The number of hydrogen-bond acceptors (Lipinski definition) is 1. The van der Waals surface area contributed by atoms with Crippen molar-refractivity contribution < 1.29 is 0 Å². The maximum Gasteiger partial charge on any atom is 0.0992 e. The molecule has 0 unspecified atom stereocenters. The van der Waals surface area contributed by atoms with E-state index in [1.165, 1.54) is 0 Å². The summed E-state index contributed by atoms with van der Waals surface area (Å²) >= 11 is 12.3. The van der Waals surface area contributed by atoms with Gasteiger partial charge in [-0.2, -0.15) is 5.26 Å². The highest BCUT2D eigenvalue weighted by atomic mass is 35.5. The fourth-order valence-electron chi connectivity index (χ4n) is 2.25. The van der Waals surface area contributed by atoms with Crippen molar-refractivity contribution in [3.63, 3.8) is 0 Å². The van der Waals surface area contributed by atoms with Crippen molar-refractivity contribution in [1.82, 2.24) is 4.57 Å². The minimum Gasteiger partial charge on any atom is -0.343 e. The van der Waals surface area contributed by atoms with Gasteiger partial charge in [0.05, 0.1) is 21.7 Å². The second-order valence-corrected chi connectivity index (χ2v) is 5.33. The molecular weight excluding hydrogens is 291 g/mol. The van der Waals surface area contributed by atoms with Crippen LogP contribution in [0.15, 0.2) is 48.7 Å². The predicted molar refractivity (Wildman–Crippen MR) is 82.2 cm³/mol. The maximum atomic E-state index is 9.00. The zero-order valence-corrected chi connectivity index (χ0v) is 12.0. The van der Waals surface area contributed by atoms with Crippen LogP contribution in [0.4, 0.5) is 0 Å². The third-order valence-corrected chi connectivity index (χ3v) is 4.13. The third kappa shape index (κ3) is 2.27. The molecule has 0 atom stereocenters. The normalized spacial score (nSPS) is 10.7. The number of nitrogens with zero attached hydrogens (tertiary/aromatic N) is 2. The molecule has 2 aromatic carbocycles. The third-order valence-electron chi connectivity index (χ3n) is 3.28. The lowest BCUT2D eigenvalue weighted by atomic mass is 10.2. The molecule has 1 heterocycles. The highest BCUT2D eigenvalue weighted by Gasteiger charge is 2.07. The average molecular weight is 301 g/mol. The van der Waals surface area contributed by atoms with Crippen LogP contribution in [0.2, 0.25) is 10.0 Å².